The molecule has 22 heavy (non-hydrogen) atoms. The lowest BCUT2D eigenvalue weighted by Gasteiger charge is -2.38. The quantitative estimate of drug-likeness (QED) is 0.735. The fourth-order valence-corrected chi connectivity index (χ4v) is 3.37. The van der Waals surface area contributed by atoms with Crippen molar-refractivity contribution in [3.8, 4) is 0 Å². The highest BCUT2D eigenvalue weighted by Crippen LogP contribution is 2.37. The normalized spacial score (nSPS) is 24.0. The molecule has 2 unspecified atom stereocenters. The van der Waals surface area contributed by atoms with Crippen LogP contribution < -0.4 is 11.1 Å². The van der Waals surface area contributed by atoms with E-state index < -0.39 is 17.5 Å². The molecule has 1 amide bonds. The van der Waals surface area contributed by atoms with Crippen molar-refractivity contribution in [2.75, 3.05) is 7.11 Å². The Kier molecular flexibility index (Phi) is 3.41. The maximum absolute atomic E-state index is 12.0. The Balaban J connectivity index is 2.16. The standard InChI is InChI=1S/C16H19N3O3/c1-16(8-13(17)20)14-10(7-12(19-16)15(21)22-2)9-5-3-4-6-11(9)18-14/h3-6,12,18-19H,7-8H2,1-2H3,(H2,17,20). The molecule has 1 aliphatic heterocycles. The number of H-pyrrole nitrogens is 1. The Labute approximate surface area is 128 Å². The van der Waals surface area contributed by atoms with Crippen molar-refractivity contribution < 1.29 is 14.3 Å². The van der Waals surface area contributed by atoms with Crippen molar-refractivity contribution >= 4 is 22.8 Å². The number of fused-ring (bicyclic) bond motifs is 3. The number of para-hydroxylation sites is 1. The molecule has 0 spiro atoms. The van der Waals surface area contributed by atoms with Gasteiger partial charge in [-0.2, -0.15) is 0 Å². The average molecular weight is 301 g/mol. The van der Waals surface area contributed by atoms with Gasteiger partial charge in [0.2, 0.25) is 5.91 Å². The van der Waals surface area contributed by atoms with Gasteiger partial charge in [0.15, 0.2) is 0 Å². The number of esters is 1. The van der Waals surface area contributed by atoms with Crippen LogP contribution in [0.4, 0.5) is 0 Å². The SMILES string of the molecule is COC(=O)C1Cc2c([nH]c3ccccc23)C(C)(CC(N)=O)N1. The van der Waals surface area contributed by atoms with Crippen LogP contribution in [0, 0.1) is 0 Å². The number of benzene rings is 1. The Hall–Kier alpha value is -2.34. The third-order valence-corrected chi connectivity index (χ3v) is 4.28. The molecule has 2 atom stereocenters. The van der Waals surface area contributed by atoms with E-state index in [-0.39, 0.29) is 12.4 Å². The maximum atomic E-state index is 12.0. The molecular formula is C16H19N3O3. The lowest BCUT2D eigenvalue weighted by Crippen LogP contribution is -2.55. The highest BCUT2D eigenvalue weighted by Gasteiger charge is 2.42. The molecule has 1 aliphatic rings. The molecule has 6 nitrogen and oxygen atoms in total. The molecule has 2 aromatic rings. The van der Waals surface area contributed by atoms with Gasteiger partial charge in [0.1, 0.15) is 6.04 Å². The summed E-state index contributed by atoms with van der Waals surface area (Å²) >= 11 is 0. The number of rotatable bonds is 3. The molecule has 116 valence electrons. The Morgan fingerprint density at radius 3 is 2.82 bits per heavy atom. The minimum absolute atomic E-state index is 0.0975. The molecule has 6 heteroatoms. The molecular weight excluding hydrogens is 282 g/mol. The van der Waals surface area contributed by atoms with Crippen LogP contribution >= 0.6 is 0 Å². The summed E-state index contributed by atoms with van der Waals surface area (Å²) in [6.07, 6.45) is 0.612. The molecule has 4 N–H and O–H groups in total. The van der Waals surface area contributed by atoms with Gasteiger partial charge in [-0.25, -0.2) is 0 Å². The van der Waals surface area contributed by atoms with E-state index in [2.05, 4.69) is 10.3 Å². The van der Waals surface area contributed by atoms with Crippen molar-refractivity contribution in [1.29, 1.82) is 0 Å². The number of carbonyl (C=O) groups is 2. The Morgan fingerprint density at radius 2 is 2.14 bits per heavy atom. The summed E-state index contributed by atoms with van der Waals surface area (Å²) in [5.74, 6) is -0.767. The second-order valence-electron chi connectivity index (χ2n) is 5.92. The zero-order valence-corrected chi connectivity index (χ0v) is 12.6. The summed E-state index contributed by atoms with van der Waals surface area (Å²) in [4.78, 5) is 26.9. The first-order chi connectivity index (χ1) is 10.4. The highest BCUT2D eigenvalue weighted by molar-refractivity contribution is 5.88. The van der Waals surface area contributed by atoms with E-state index in [1.54, 1.807) is 0 Å². The van der Waals surface area contributed by atoms with E-state index in [0.29, 0.717) is 6.42 Å². The number of primary amides is 1. The fourth-order valence-electron chi connectivity index (χ4n) is 3.37. The minimum Gasteiger partial charge on any atom is -0.468 e. The lowest BCUT2D eigenvalue weighted by molar-refractivity contribution is -0.144. The number of ether oxygens (including phenoxy) is 1. The summed E-state index contributed by atoms with van der Waals surface area (Å²) in [6, 6.07) is 7.39. The van der Waals surface area contributed by atoms with E-state index in [1.165, 1.54) is 7.11 Å². The van der Waals surface area contributed by atoms with Crippen LogP contribution in [0.3, 0.4) is 0 Å². The summed E-state index contributed by atoms with van der Waals surface area (Å²) in [6.45, 7) is 1.88. The number of nitrogens with two attached hydrogens (primary N) is 1. The van der Waals surface area contributed by atoms with Crippen molar-refractivity contribution in [2.45, 2.75) is 31.3 Å². The topological polar surface area (TPSA) is 97.2 Å². The largest absolute Gasteiger partial charge is 0.468 e. The number of aromatic nitrogens is 1. The van der Waals surface area contributed by atoms with E-state index in [0.717, 1.165) is 22.2 Å². The Morgan fingerprint density at radius 1 is 1.41 bits per heavy atom. The smallest absolute Gasteiger partial charge is 0.323 e. The van der Waals surface area contributed by atoms with Gasteiger partial charge in [-0.3, -0.25) is 14.9 Å². The third kappa shape index (κ3) is 2.25. The first-order valence-electron chi connectivity index (χ1n) is 7.18. The first kappa shape index (κ1) is 14.6. The van der Waals surface area contributed by atoms with Crippen LogP contribution in [-0.4, -0.2) is 30.0 Å². The van der Waals surface area contributed by atoms with Crippen LogP contribution in [0.1, 0.15) is 24.6 Å². The van der Waals surface area contributed by atoms with Crippen LogP contribution in [0.25, 0.3) is 10.9 Å². The van der Waals surface area contributed by atoms with Gasteiger partial charge in [0.25, 0.3) is 0 Å². The molecule has 0 radical (unpaired) electrons. The Bertz CT molecular complexity index is 752. The highest BCUT2D eigenvalue weighted by atomic mass is 16.5. The van der Waals surface area contributed by atoms with Crippen LogP contribution in [0.2, 0.25) is 0 Å². The van der Waals surface area contributed by atoms with Crippen molar-refractivity contribution in [3.63, 3.8) is 0 Å². The van der Waals surface area contributed by atoms with Crippen molar-refractivity contribution in [2.24, 2.45) is 5.73 Å². The van der Waals surface area contributed by atoms with Gasteiger partial charge >= 0.3 is 5.97 Å². The molecule has 1 aromatic carbocycles. The van der Waals surface area contributed by atoms with E-state index in [4.69, 9.17) is 10.5 Å². The number of amides is 1. The lowest BCUT2D eigenvalue weighted by atomic mass is 9.82. The number of hydrogen-bond acceptors (Lipinski definition) is 4. The summed E-state index contributed by atoms with van der Waals surface area (Å²) in [5, 5.41) is 4.28. The van der Waals surface area contributed by atoms with Crippen LogP contribution in [-0.2, 0) is 26.3 Å². The van der Waals surface area contributed by atoms with Crippen LogP contribution in [0.15, 0.2) is 24.3 Å². The molecule has 2 heterocycles. The number of hydrogen-bond donors (Lipinski definition) is 3. The summed E-state index contributed by atoms with van der Waals surface area (Å²) in [5.41, 5.74) is 7.61. The zero-order valence-electron chi connectivity index (χ0n) is 12.6. The van der Waals surface area contributed by atoms with Crippen molar-refractivity contribution in [3.05, 3.63) is 35.5 Å². The zero-order chi connectivity index (χ0) is 15.9. The predicted molar refractivity (Wildman–Crippen MR) is 82.1 cm³/mol. The first-order valence-corrected chi connectivity index (χ1v) is 7.18. The second kappa shape index (κ2) is 5.14. The van der Waals surface area contributed by atoms with E-state index >= 15 is 0 Å². The molecule has 0 saturated heterocycles. The predicted octanol–water partition coefficient (Wildman–Crippen LogP) is 0.946. The summed E-state index contributed by atoms with van der Waals surface area (Å²) < 4.78 is 4.86. The van der Waals surface area contributed by atoms with Gasteiger partial charge in [-0.15, -0.1) is 0 Å². The van der Waals surface area contributed by atoms with E-state index in [9.17, 15) is 9.59 Å². The third-order valence-electron chi connectivity index (χ3n) is 4.28. The van der Waals surface area contributed by atoms with Crippen LogP contribution in [0.5, 0.6) is 0 Å². The maximum Gasteiger partial charge on any atom is 0.323 e. The average Bonchev–Trinajstić information content (AvgIpc) is 2.85. The number of methoxy groups -OCH3 is 1. The van der Waals surface area contributed by atoms with Gasteiger partial charge in [0, 0.05) is 29.4 Å². The molecule has 1 aromatic heterocycles. The monoisotopic (exact) mass is 301 g/mol. The molecule has 3 rings (SSSR count). The molecule has 0 aliphatic carbocycles. The van der Waals surface area contributed by atoms with Crippen molar-refractivity contribution in [1.82, 2.24) is 10.3 Å². The van der Waals surface area contributed by atoms with Gasteiger partial charge < -0.3 is 15.5 Å². The number of aromatic amines is 1. The van der Waals surface area contributed by atoms with Gasteiger partial charge in [-0.05, 0) is 18.6 Å². The molecule has 0 fully saturated rings. The molecule has 0 saturated carbocycles. The number of carbonyl (C=O) groups excluding carboxylic acids is 2. The second-order valence-corrected chi connectivity index (χ2v) is 5.92. The van der Waals surface area contributed by atoms with Gasteiger partial charge in [0.05, 0.1) is 12.6 Å². The number of nitrogens with one attached hydrogen (secondary N) is 2. The van der Waals surface area contributed by atoms with E-state index in [1.807, 2.05) is 31.2 Å². The molecule has 0 bridgehead atoms. The summed E-state index contributed by atoms with van der Waals surface area (Å²) in [7, 11) is 1.36. The fraction of sp³-hybridized carbons (Fsp3) is 0.375. The van der Waals surface area contributed by atoms with Gasteiger partial charge in [-0.1, -0.05) is 18.2 Å². The minimum atomic E-state index is -0.725.